The lowest BCUT2D eigenvalue weighted by Crippen LogP contribution is -2.43. The minimum absolute atomic E-state index is 0.0112. The van der Waals surface area contributed by atoms with Crippen LogP contribution in [0.25, 0.3) is 0 Å². The standard InChI is InChI=1S/C23H37N3O3/c1-7-12-26(22(29)13-18(3)14-23(4,5)6)16-21(28)24-15-20(27)25-19-10-8-17(2)9-11-19/h8-11,18H,7,12-16H2,1-6H3,(H,24,28)(H,25,27). The Morgan fingerprint density at radius 2 is 1.69 bits per heavy atom. The maximum atomic E-state index is 12.6. The summed E-state index contributed by atoms with van der Waals surface area (Å²) in [6.45, 7) is 12.9. The highest BCUT2D eigenvalue weighted by Gasteiger charge is 2.22. The third-order valence-electron chi connectivity index (χ3n) is 4.45. The molecule has 6 nitrogen and oxygen atoms in total. The van der Waals surface area contributed by atoms with Gasteiger partial charge < -0.3 is 15.5 Å². The van der Waals surface area contributed by atoms with Crippen LogP contribution in [0, 0.1) is 18.3 Å². The van der Waals surface area contributed by atoms with Gasteiger partial charge in [-0.1, -0.05) is 52.3 Å². The Balaban J connectivity index is 2.49. The van der Waals surface area contributed by atoms with E-state index in [9.17, 15) is 14.4 Å². The maximum absolute atomic E-state index is 12.6. The second-order valence-electron chi connectivity index (χ2n) is 9.08. The van der Waals surface area contributed by atoms with Gasteiger partial charge in [0.2, 0.25) is 17.7 Å². The number of nitrogens with zero attached hydrogens (tertiary/aromatic N) is 1. The van der Waals surface area contributed by atoms with Gasteiger partial charge >= 0.3 is 0 Å². The first-order valence-electron chi connectivity index (χ1n) is 10.4. The Bertz CT molecular complexity index is 678. The second kappa shape index (κ2) is 11.6. The van der Waals surface area contributed by atoms with Gasteiger partial charge in [0.05, 0.1) is 13.1 Å². The molecule has 1 aromatic rings. The molecule has 1 aromatic carbocycles. The SMILES string of the molecule is CCCN(CC(=O)NCC(=O)Nc1ccc(C)cc1)C(=O)CC(C)CC(C)(C)C. The number of aryl methyl sites for hydroxylation is 1. The molecule has 0 aromatic heterocycles. The predicted molar refractivity (Wildman–Crippen MR) is 118 cm³/mol. The van der Waals surface area contributed by atoms with E-state index in [1.807, 2.05) is 38.1 Å². The molecule has 3 amide bonds. The zero-order valence-electron chi connectivity index (χ0n) is 18.8. The van der Waals surface area contributed by atoms with Crippen molar-refractivity contribution in [1.82, 2.24) is 10.2 Å². The van der Waals surface area contributed by atoms with Crippen LogP contribution in [0.5, 0.6) is 0 Å². The Morgan fingerprint density at radius 3 is 2.24 bits per heavy atom. The molecule has 0 fully saturated rings. The molecule has 0 aliphatic rings. The lowest BCUT2D eigenvalue weighted by molar-refractivity contribution is -0.137. The zero-order chi connectivity index (χ0) is 22.0. The summed E-state index contributed by atoms with van der Waals surface area (Å²) < 4.78 is 0. The Hall–Kier alpha value is -2.37. The van der Waals surface area contributed by atoms with Crippen molar-refractivity contribution in [2.75, 3.05) is 25.0 Å². The van der Waals surface area contributed by atoms with Gasteiger partial charge in [0.25, 0.3) is 0 Å². The van der Waals surface area contributed by atoms with Crippen molar-refractivity contribution in [2.45, 2.75) is 60.8 Å². The average molecular weight is 404 g/mol. The van der Waals surface area contributed by atoms with E-state index < -0.39 is 0 Å². The van der Waals surface area contributed by atoms with E-state index in [2.05, 4.69) is 38.3 Å². The summed E-state index contributed by atoms with van der Waals surface area (Å²) in [6, 6.07) is 7.44. The fourth-order valence-electron chi connectivity index (χ4n) is 3.36. The van der Waals surface area contributed by atoms with Gasteiger partial charge in [-0.25, -0.2) is 0 Å². The quantitative estimate of drug-likeness (QED) is 0.624. The van der Waals surface area contributed by atoms with Crippen LogP contribution in [0.2, 0.25) is 0 Å². The smallest absolute Gasteiger partial charge is 0.243 e. The minimum Gasteiger partial charge on any atom is -0.345 e. The van der Waals surface area contributed by atoms with Crippen LogP contribution in [0.3, 0.4) is 0 Å². The number of carbonyl (C=O) groups excluding carboxylic acids is 3. The van der Waals surface area contributed by atoms with Gasteiger partial charge in [0.15, 0.2) is 0 Å². The topological polar surface area (TPSA) is 78.5 Å². The highest BCUT2D eigenvalue weighted by molar-refractivity contribution is 5.95. The van der Waals surface area contributed by atoms with Crippen molar-refractivity contribution >= 4 is 23.4 Å². The highest BCUT2D eigenvalue weighted by Crippen LogP contribution is 2.26. The van der Waals surface area contributed by atoms with E-state index in [4.69, 9.17) is 0 Å². The summed E-state index contributed by atoms with van der Waals surface area (Å²) in [5.74, 6) is -0.378. The van der Waals surface area contributed by atoms with Crippen LogP contribution in [0.4, 0.5) is 5.69 Å². The summed E-state index contributed by atoms with van der Waals surface area (Å²) in [4.78, 5) is 38.5. The van der Waals surface area contributed by atoms with Crippen LogP contribution in [0.1, 0.15) is 59.4 Å². The molecular weight excluding hydrogens is 366 g/mol. The number of hydrogen-bond donors (Lipinski definition) is 2. The first kappa shape index (κ1) is 24.7. The van der Waals surface area contributed by atoms with Crippen molar-refractivity contribution in [2.24, 2.45) is 11.3 Å². The summed E-state index contributed by atoms with van der Waals surface area (Å²) in [5, 5.41) is 5.34. The van der Waals surface area contributed by atoms with Gasteiger partial charge in [-0.15, -0.1) is 0 Å². The molecule has 0 spiro atoms. The van der Waals surface area contributed by atoms with Gasteiger partial charge in [-0.2, -0.15) is 0 Å². The van der Waals surface area contributed by atoms with Crippen molar-refractivity contribution in [3.8, 4) is 0 Å². The van der Waals surface area contributed by atoms with Crippen molar-refractivity contribution in [3.63, 3.8) is 0 Å². The van der Waals surface area contributed by atoms with E-state index in [0.717, 1.165) is 18.4 Å². The Kier molecular flexibility index (Phi) is 9.86. The fraction of sp³-hybridized carbons (Fsp3) is 0.609. The number of rotatable bonds is 10. The molecule has 0 radical (unpaired) electrons. The third kappa shape index (κ3) is 10.7. The number of hydrogen-bond acceptors (Lipinski definition) is 3. The molecule has 0 bridgehead atoms. The van der Waals surface area contributed by atoms with Crippen LogP contribution in [-0.2, 0) is 14.4 Å². The second-order valence-corrected chi connectivity index (χ2v) is 9.08. The maximum Gasteiger partial charge on any atom is 0.243 e. The van der Waals surface area contributed by atoms with Crippen molar-refractivity contribution < 1.29 is 14.4 Å². The van der Waals surface area contributed by atoms with Crippen LogP contribution in [-0.4, -0.2) is 42.3 Å². The monoisotopic (exact) mass is 403 g/mol. The van der Waals surface area contributed by atoms with E-state index in [-0.39, 0.29) is 42.1 Å². The number of amides is 3. The predicted octanol–water partition coefficient (Wildman–Crippen LogP) is 3.75. The molecule has 2 N–H and O–H groups in total. The molecule has 0 saturated heterocycles. The summed E-state index contributed by atoms with van der Waals surface area (Å²) in [7, 11) is 0. The van der Waals surface area contributed by atoms with Gasteiger partial charge in [-0.05, 0) is 43.2 Å². The molecule has 6 heteroatoms. The van der Waals surface area contributed by atoms with E-state index in [0.29, 0.717) is 18.7 Å². The first-order chi connectivity index (χ1) is 13.5. The van der Waals surface area contributed by atoms with Gasteiger partial charge in [-0.3, -0.25) is 14.4 Å². The number of benzene rings is 1. The molecule has 1 rings (SSSR count). The summed E-state index contributed by atoms with van der Waals surface area (Å²) >= 11 is 0. The largest absolute Gasteiger partial charge is 0.345 e. The Morgan fingerprint density at radius 1 is 1.07 bits per heavy atom. The van der Waals surface area contributed by atoms with E-state index in [1.165, 1.54) is 0 Å². The zero-order valence-corrected chi connectivity index (χ0v) is 18.8. The normalized spacial score (nSPS) is 12.2. The molecular formula is C23H37N3O3. The van der Waals surface area contributed by atoms with E-state index >= 15 is 0 Å². The van der Waals surface area contributed by atoms with Gasteiger partial charge in [0, 0.05) is 18.7 Å². The average Bonchev–Trinajstić information content (AvgIpc) is 2.60. The van der Waals surface area contributed by atoms with Crippen molar-refractivity contribution in [3.05, 3.63) is 29.8 Å². The molecule has 162 valence electrons. The molecule has 1 atom stereocenters. The Labute approximate surface area is 175 Å². The molecule has 0 saturated carbocycles. The first-order valence-corrected chi connectivity index (χ1v) is 10.4. The molecule has 0 aliphatic heterocycles. The van der Waals surface area contributed by atoms with Crippen LogP contribution >= 0.6 is 0 Å². The molecule has 1 unspecified atom stereocenters. The number of carbonyl (C=O) groups is 3. The fourth-order valence-corrected chi connectivity index (χ4v) is 3.36. The van der Waals surface area contributed by atoms with Gasteiger partial charge in [0.1, 0.15) is 0 Å². The molecule has 0 aliphatic carbocycles. The molecule has 0 heterocycles. The summed E-state index contributed by atoms with van der Waals surface area (Å²) in [5.41, 5.74) is 1.96. The number of nitrogens with one attached hydrogen (secondary N) is 2. The lowest BCUT2D eigenvalue weighted by atomic mass is 9.84. The third-order valence-corrected chi connectivity index (χ3v) is 4.45. The minimum atomic E-state index is -0.325. The van der Waals surface area contributed by atoms with Crippen LogP contribution < -0.4 is 10.6 Å². The van der Waals surface area contributed by atoms with E-state index in [1.54, 1.807) is 4.90 Å². The summed E-state index contributed by atoms with van der Waals surface area (Å²) in [6.07, 6.45) is 2.16. The highest BCUT2D eigenvalue weighted by atomic mass is 16.2. The number of anilines is 1. The van der Waals surface area contributed by atoms with Crippen LogP contribution in [0.15, 0.2) is 24.3 Å². The molecule has 29 heavy (non-hydrogen) atoms. The van der Waals surface area contributed by atoms with Crippen molar-refractivity contribution in [1.29, 1.82) is 0 Å². The lowest BCUT2D eigenvalue weighted by Gasteiger charge is -2.26.